The second-order valence-corrected chi connectivity index (χ2v) is 11.4. The van der Waals surface area contributed by atoms with E-state index >= 15 is 0 Å². The Hall–Kier alpha value is -5.78. The standard InChI is InChI=1S/C39H24ClN5/c40-39-42-37(25-17-21-27(22-18-25)44-33-13-5-1-9-29(33)30-10-2-6-14-34(30)44)41-38(43-39)26-19-23-28(24-20-26)45-35-15-7-3-11-31(35)32-12-4-8-16-36(32)45/h1-24H. The van der Waals surface area contributed by atoms with Crippen molar-refractivity contribution >= 4 is 55.2 Å². The van der Waals surface area contributed by atoms with Crippen LogP contribution in [0.4, 0.5) is 0 Å². The highest BCUT2D eigenvalue weighted by Crippen LogP contribution is 2.34. The Labute approximate surface area is 263 Å². The maximum atomic E-state index is 6.47. The first-order valence-corrected chi connectivity index (χ1v) is 15.2. The topological polar surface area (TPSA) is 48.5 Å². The molecule has 45 heavy (non-hydrogen) atoms. The molecule has 212 valence electrons. The number of halogens is 1. The van der Waals surface area contributed by atoms with E-state index in [1.54, 1.807) is 0 Å². The molecule has 0 saturated carbocycles. The van der Waals surface area contributed by atoms with Gasteiger partial charge in [-0.3, -0.25) is 0 Å². The van der Waals surface area contributed by atoms with E-state index in [1.807, 2.05) is 24.3 Å². The molecule has 0 aliphatic heterocycles. The summed E-state index contributed by atoms with van der Waals surface area (Å²) in [6, 6.07) is 50.6. The fourth-order valence-corrected chi connectivity index (χ4v) is 6.69. The largest absolute Gasteiger partial charge is 0.309 e. The Morgan fingerprint density at radius 3 is 1.00 bits per heavy atom. The SMILES string of the molecule is Clc1nc(-c2ccc(-n3c4ccccc4c4ccccc43)cc2)nc(-c2ccc(-n3c4ccccc4c4ccccc43)cc2)n1. The van der Waals surface area contributed by atoms with Crippen molar-refractivity contribution < 1.29 is 0 Å². The first kappa shape index (κ1) is 25.7. The van der Waals surface area contributed by atoms with E-state index in [9.17, 15) is 0 Å². The van der Waals surface area contributed by atoms with Gasteiger partial charge in [0.15, 0.2) is 11.6 Å². The lowest BCUT2D eigenvalue weighted by molar-refractivity contribution is 1.06. The lowest BCUT2D eigenvalue weighted by Gasteiger charge is -2.10. The molecule has 0 radical (unpaired) electrons. The van der Waals surface area contributed by atoms with Crippen LogP contribution in [0.2, 0.25) is 5.28 Å². The molecule has 0 aliphatic carbocycles. The number of benzene rings is 6. The molecule has 5 nitrogen and oxygen atoms in total. The van der Waals surface area contributed by atoms with E-state index in [1.165, 1.54) is 43.6 Å². The van der Waals surface area contributed by atoms with E-state index < -0.39 is 0 Å². The Kier molecular flexibility index (Phi) is 5.80. The zero-order valence-corrected chi connectivity index (χ0v) is 24.7. The third-order valence-corrected chi connectivity index (χ3v) is 8.70. The van der Waals surface area contributed by atoms with Gasteiger partial charge in [0.25, 0.3) is 0 Å². The zero-order chi connectivity index (χ0) is 29.9. The highest BCUT2D eigenvalue weighted by Gasteiger charge is 2.15. The van der Waals surface area contributed by atoms with Crippen molar-refractivity contribution in [2.24, 2.45) is 0 Å². The Balaban J connectivity index is 1.08. The van der Waals surface area contributed by atoms with E-state index in [0.29, 0.717) is 11.6 Å². The van der Waals surface area contributed by atoms with Crippen LogP contribution in [0.3, 0.4) is 0 Å². The van der Waals surface area contributed by atoms with Gasteiger partial charge in [-0.1, -0.05) is 72.8 Å². The van der Waals surface area contributed by atoms with Crippen LogP contribution in [0.15, 0.2) is 146 Å². The van der Waals surface area contributed by atoms with Crippen LogP contribution < -0.4 is 0 Å². The third kappa shape index (κ3) is 4.13. The van der Waals surface area contributed by atoms with E-state index in [-0.39, 0.29) is 5.28 Å². The lowest BCUT2D eigenvalue weighted by Crippen LogP contribution is -1.99. The first-order chi connectivity index (χ1) is 22.2. The minimum Gasteiger partial charge on any atom is -0.309 e. The van der Waals surface area contributed by atoms with E-state index in [4.69, 9.17) is 16.6 Å². The van der Waals surface area contributed by atoms with Gasteiger partial charge in [0.1, 0.15) is 0 Å². The quantitative estimate of drug-likeness (QED) is 0.203. The molecule has 6 heteroatoms. The zero-order valence-electron chi connectivity index (χ0n) is 24.0. The molecule has 0 unspecified atom stereocenters. The van der Waals surface area contributed by atoms with Gasteiger partial charge in [0.05, 0.1) is 22.1 Å². The van der Waals surface area contributed by atoms with Crippen LogP contribution in [0.1, 0.15) is 0 Å². The summed E-state index contributed by atoms with van der Waals surface area (Å²) < 4.78 is 4.58. The van der Waals surface area contributed by atoms with Gasteiger partial charge in [-0.05, 0) is 84.4 Å². The molecule has 0 saturated heterocycles. The summed E-state index contributed by atoms with van der Waals surface area (Å²) in [7, 11) is 0. The van der Waals surface area contributed by atoms with Gasteiger partial charge in [0.2, 0.25) is 5.28 Å². The summed E-state index contributed by atoms with van der Waals surface area (Å²) in [5.74, 6) is 1.07. The number of rotatable bonds is 4. The molecule has 0 atom stereocenters. The number of aromatic nitrogens is 5. The molecule has 9 aromatic rings. The number of hydrogen-bond donors (Lipinski definition) is 0. The summed E-state index contributed by atoms with van der Waals surface area (Å²) in [5, 5.41) is 5.09. The summed E-state index contributed by atoms with van der Waals surface area (Å²) in [4.78, 5) is 13.8. The van der Waals surface area contributed by atoms with Gasteiger partial charge in [-0.15, -0.1) is 0 Å². The first-order valence-electron chi connectivity index (χ1n) is 14.8. The molecule has 0 N–H and O–H groups in total. The number of fused-ring (bicyclic) bond motifs is 6. The molecule has 0 aliphatic rings. The van der Waals surface area contributed by atoms with Crippen LogP contribution in [0.25, 0.3) is 77.8 Å². The van der Waals surface area contributed by atoms with Crippen LogP contribution in [0.5, 0.6) is 0 Å². The highest BCUT2D eigenvalue weighted by atomic mass is 35.5. The monoisotopic (exact) mass is 597 g/mol. The highest BCUT2D eigenvalue weighted by molar-refractivity contribution is 6.28. The Bertz CT molecular complexity index is 2260. The van der Waals surface area contributed by atoms with Gasteiger partial charge in [-0.25, -0.2) is 4.98 Å². The smallest absolute Gasteiger partial charge is 0.226 e. The fourth-order valence-electron chi connectivity index (χ4n) is 6.53. The van der Waals surface area contributed by atoms with Crippen molar-refractivity contribution in [1.29, 1.82) is 0 Å². The van der Waals surface area contributed by atoms with Gasteiger partial charge in [-0.2, -0.15) is 9.97 Å². The van der Waals surface area contributed by atoms with E-state index in [2.05, 4.69) is 140 Å². The van der Waals surface area contributed by atoms with E-state index in [0.717, 1.165) is 22.5 Å². The molecular formula is C39H24ClN5. The second kappa shape index (κ2) is 10.2. The minimum atomic E-state index is 0.160. The van der Waals surface area contributed by atoms with Gasteiger partial charge < -0.3 is 9.13 Å². The maximum Gasteiger partial charge on any atom is 0.226 e. The summed E-state index contributed by atoms with van der Waals surface area (Å²) >= 11 is 6.47. The molecule has 9 rings (SSSR count). The minimum absolute atomic E-state index is 0.160. The Morgan fingerprint density at radius 1 is 0.356 bits per heavy atom. The van der Waals surface area contributed by atoms with Crippen molar-refractivity contribution in [2.75, 3.05) is 0 Å². The van der Waals surface area contributed by atoms with Crippen LogP contribution in [-0.2, 0) is 0 Å². The van der Waals surface area contributed by atoms with Gasteiger partial charge >= 0.3 is 0 Å². The molecule has 3 heterocycles. The van der Waals surface area contributed by atoms with Crippen LogP contribution >= 0.6 is 11.6 Å². The molecule has 3 aromatic heterocycles. The molecule has 6 aromatic carbocycles. The average molecular weight is 598 g/mol. The summed E-state index contributed by atoms with van der Waals surface area (Å²) in [6.07, 6.45) is 0. The van der Waals surface area contributed by atoms with Crippen molar-refractivity contribution in [3.05, 3.63) is 151 Å². The number of nitrogens with zero attached hydrogens (tertiary/aromatic N) is 5. The van der Waals surface area contributed by atoms with Crippen LogP contribution in [0, 0.1) is 0 Å². The molecule has 0 amide bonds. The second-order valence-electron chi connectivity index (χ2n) is 11.1. The fraction of sp³-hybridized carbons (Fsp3) is 0. The van der Waals surface area contributed by atoms with Crippen LogP contribution in [-0.4, -0.2) is 24.1 Å². The Morgan fingerprint density at radius 2 is 0.667 bits per heavy atom. The third-order valence-electron chi connectivity index (χ3n) is 8.54. The lowest BCUT2D eigenvalue weighted by atomic mass is 10.1. The van der Waals surface area contributed by atoms with Crippen molar-refractivity contribution in [2.45, 2.75) is 0 Å². The predicted molar refractivity (Wildman–Crippen MR) is 184 cm³/mol. The number of para-hydroxylation sites is 4. The average Bonchev–Trinajstić information content (AvgIpc) is 3.61. The number of hydrogen-bond acceptors (Lipinski definition) is 3. The van der Waals surface area contributed by atoms with Crippen molar-refractivity contribution in [3.8, 4) is 34.2 Å². The summed E-state index contributed by atoms with van der Waals surface area (Å²) in [6.45, 7) is 0. The molecular weight excluding hydrogens is 574 g/mol. The van der Waals surface area contributed by atoms with Crippen molar-refractivity contribution in [1.82, 2.24) is 24.1 Å². The normalized spacial score (nSPS) is 11.7. The van der Waals surface area contributed by atoms with Crippen molar-refractivity contribution in [3.63, 3.8) is 0 Å². The maximum absolute atomic E-state index is 6.47. The summed E-state index contributed by atoms with van der Waals surface area (Å²) in [5.41, 5.74) is 8.54. The van der Waals surface area contributed by atoms with Gasteiger partial charge in [0, 0.05) is 44.0 Å². The molecule has 0 bridgehead atoms. The molecule has 0 spiro atoms. The predicted octanol–water partition coefficient (Wildman–Crippen LogP) is 10.1. The molecule has 0 fully saturated rings.